The largest absolute Gasteiger partial charge is 0.493 e. The molecule has 32 heavy (non-hydrogen) atoms. The first-order chi connectivity index (χ1) is 15.5. The highest BCUT2D eigenvalue weighted by atomic mass is 19.1. The highest BCUT2D eigenvalue weighted by Gasteiger charge is 2.32. The van der Waals surface area contributed by atoms with Gasteiger partial charge in [-0.3, -0.25) is 4.79 Å². The van der Waals surface area contributed by atoms with Gasteiger partial charge < -0.3 is 14.4 Å². The average Bonchev–Trinajstić information content (AvgIpc) is 3.03. The molecule has 0 atom stereocenters. The van der Waals surface area contributed by atoms with Gasteiger partial charge in [0.1, 0.15) is 12.4 Å². The Balaban J connectivity index is 1.61. The summed E-state index contributed by atoms with van der Waals surface area (Å²) in [5.41, 5.74) is 4.11. The number of hydrogen-bond acceptors (Lipinski definition) is 3. The molecule has 4 rings (SSSR count). The molecule has 5 heteroatoms. The van der Waals surface area contributed by atoms with Gasteiger partial charge in [0.05, 0.1) is 12.8 Å². The quantitative estimate of drug-likeness (QED) is 0.434. The minimum atomic E-state index is -0.298. The van der Waals surface area contributed by atoms with Crippen molar-refractivity contribution in [3.8, 4) is 11.5 Å². The number of carbonyl (C=O) groups is 1. The van der Waals surface area contributed by atoms with E-state index >= 15 is 0 Å². The van der Waals surface area contributed by atoms with Crippen molar-refractivity contribution >= 4 is 23.2 Å². The van der Waals surface area contributed by atoms with Gasteiger partial charge in [-0.1, -0.05) is 50.2 Å². The minimum Gasteiger partial charge on any atom is -0.493 e. The molecular weight excluding hydrogens is 405 g/mol. The maximum absolute atomic E-state index is 13.4. The Hall–Kier alpha value is -3.60. The number of halogens is 1. The van der Waals surface area contributed by atoms with E-state index in [1.807, 2.05) is 53.4 Å². The van der Waals surface area contributed by atoms with E-state index in [0.717, 1.165) is 22.4 Å². The van der Waals surface area contributed by atoms with Gasteiger partial charge >= 0.3 is 0 Å². The summed E-state index contributed by atoms with van der Waals surface area (Å²) in [5, 5.41) is 0. The van der Waals surface area contributed by atoms with Gasteiger partial charge in [0, 0.05) is 17.7 Å². The lowest BCUT2D eigenvalue weighted by Gasteiger charge is -2.19. The van der Waals surface area contributed by atoms with E-state index < -0.39 is 0 Å². The van der Waals surface area contributed by atoms with Crippen molar-refractivity contribution in [3.63, 3.8) is 0 Å². The summed E-state index contributed by atoms with van der Waals surface area (Å²) in [4.78, 5) is 15.0. The molecule has 0 saturated carbocycles. The molecule has 0 radical (unpaired) electrons. The molecular formula is C27H26FNO3. The van der Waals surface area contributed by atoms with Crippen molar-refractivity contribution in [1.29, 1.82) is 0 Å². The Morgan fingerprint density at radius 3 is 2.56 bits per heavy atom. The Labute approximate surface area is 187 Å². The molecule has 0 saturated heterocycles. The summed E-state index contributed by atoms with van der Waals surface area (Å²) < 4.78 is 24.8. The van der Waals surface area contributed by atoms with E-state index in [4.69, 9.17) is 9.47 Å². The number of benzene rings is 3. The van der Waals surface area contributed by atoms with Gasteiger partial charge in [0.25, 0.3) is 5.91 Å². The number of fused-ring (bicyclic) bond motifs is 1. The fourth-order valence-electron chi connectivity index (χ4n) is 3.84. The van der Waals surface area contributed by atoms with Crippen LogP contribution in [-0.4, -0.2) is 19.6 Å². The molecule has 164 valence electrons. The molecule has 1 aliphatic heterocycles. The van der Waals surface area contributed by atoms with E-state index in [-0.39, 0.29) is 18.3 Å². The van der Waals surface area contributed by atoms with Crippen molar-refractivity contribution in [1.82, 2.24) is 0 Å². The first-order valence-electron chi connectivity index (χ1n) is 10.6. The summed E-state index contributed by atoms with van der Waals surface area (Å²) in [6.07, 6.45) is 1.89. The van der Waals surface area contributed by atoms with Gasteiger partial charge in [-0.05, 0) is 53.5 Å². The molecule has 0 unspecified atom stereocenters. The van der Waals surface area contributed by atoms with Gasteiger partial charge in [-0.25, -0.2) is 4.39 Å². The maximum atomic E-state index is 13.4. The third-order valence-corrected chi connectivity index (χ3v) is 5.29. The van der Waals surface area contributed by atoms with E-state index in [1.54, 1.807) is 19.2 Å². The van der Waals surface area contributed by atoms with Crippen molar-refractivity contribution in [2.45, 2.75) is 20.5 Å². The third kappa shape index (κ3) is 4.52. The monoisotopic (exact) mass is 431 g/mol. The van der Waals surface area contributed by atoms with Gasteiger partial charge in [-0.15, -0.1) is 0 Å². The van der Waals surface area contributed by atoms with Crippen molar-refractivity contribution < 1.29 is 18.7 Å². The number of nitrogens with zero attached hydrogens (tertiary/aromatic N) is 1. The van der Waals surface area contributed by atoms with Gasteiger partial charge in [0.2, 0.25) is 0 Å². The highest BCUT2D eigenvalue weighted by molar-refractivity contribution is 6.35. The lowest BCUT2D eigenvalue weighted by atomic mass is 10.0. The van der Waals surface area contributed by atoms with Crippen LogP contribution in [-0.2, 0) is 11.4 Å². The second-order valence-corrected chi connectivity index (χ2v) is 8.21. The van der Waals surface area contributed by atoms with Crippen LogP contribution in [0.1, 0.15) is 30.5 Å². The average molecular weight is 432 g/mol. The Kier molecular flexibility index (Phi) is 6.26. The van der Waals surface area contributed by atoms with Gasteiger partial charge in [0.15, 0.2) is 11.5 Å². The molecule has 0 aromatic heterocycles. The summed E-state index contributed by atoms with van der Waals surface area (Å²) in [7, 11) is 1.57. The van der Waals surface area contributed by atoms with Crippen LogP contribution in [0.15, 0.2) is 66.7 Å². The van der Waals surface area contributed by atoms with Crippen LogP contribution in [0.2, 0.25) is 0 Å². The van der Waals surface area contributed by atoms with E-state index in [9.17, 15) is 9.18 Å². The molecule has 3 aromatic rings. The number of para-hydroxylation sites is 1. The van der Waals surface area contributed by atoms with E-state index in [2.05, 4.69) is 13.8 Å². The van der Waals surface area contributed by atoms with Gasteiger partial charge in [-0.2, -0.15) is 0 Å². The molecule has 0 aliphatic carbocycles. The smallest absolute Gasteiger partial charge is 0.259 e. The molecule has 0 N–H and O–H groups in total. The first kappa shape index (κ1) is 21.6. The number of carbonyl (C=O) groups excluding carboxylic acids is 1. The van der Waals surface area contributed by atoms with Crippen LogP contribution >= 0.6 is 0 Å². The normalized spacial score (nSPS) is 14.2. The van der Waals surface area contributed by atoms with Crippen molar-refractivity contribution in [2.75, 3.05) is 18.6 Å². The number of amides is 1. The molecule has 4 nitrogen and oxygen atoms in total. The third-order valence-electron chi connectivity index (χ3n) is 5.29. The van der Waals surface area contributed by atoms with Crippen LogP contribution in [0.5, 0.6) is 11.5 Å². The van der Waals surface area contributed by atoms with Crippen LogP contribution in [0.3, 0.4) is 0 Å². The number of ether oxygens (including phenoxy) is 2. The molecule has 1 aliphatic rings. The zero-order valence-corrected chi connectivity index (χ0v) is 18.5. The summed E-state index contributed by atoms with van der Waals surface area (Å²) in [6.45, 7) is 5.10. The summed E-state index contributed by atoms with van der Waals surface area (Å²) in [5.74, 6) is 1.17. The predicted molar refractivity (Wildman–Crippen MR) is 125 cm³/mol. The first-order valence-corrected chi connectivity index (χ1v) is 10.6. The molecule has 1 amide bonds. The molecule has 1 heterocycles. The molecule has 0 spiro atoms. The zero-order valence-electron chi connectivity index (χ0n) is 18.5. The fourth-order valence-corrected chi connectivity index (χ4v) is 3.84. The maximum Gasteiger partial charge on any atom is 0.259 e. The molecule has 3 aromatic carbocycles. The SMILES string of the molecule is COc1cc(/C=C2\C(=O)N(CC(C)C)c3ccccc32)ccc1OCc1cccc(F)c1. The fraction of sp³-hybridized carbons (Fsp3) is 0.222. The summed E-state index contributed by atoms with van der Waals surface area (Å²) in [6, 6.07) is 19.7. The standard InChI is InChI=1S/C27H26FNO3/c1-18(2)16-29-24-10-5-4-9-22(24)23(27(29)30)14-19-11-12-25(26(15-19)31-3)32-17-20-7-6-8-21(28)13-20/h4-15,18H,16-17H2,1-3H3/b23-14-. The number of methoxy groups -OCH3 is 1. The second-order valence-electron chi connectivity index (χ2n) is 8.21. The lowest BCUT2D eigenvalue weighted by molar-refractivity contribution is -0.113. The predicted octanol–water partition coefficient (Wildman–Crippen LogP) is 5.96. The minimum absolute atomic E-state index is 0.00491. The van der Waals surface area contributed by atoms with Crippen LogP contribution < -0.4 is 14.4 Å². The molecule has 0 bridgehead atoms. The second kappa shape index (κ2) is 9.27. The van der Waals surface area contributed by atoms with Crippen molar-refractivity contribution in [3.05, 3.63) is 89.2 Å². The Morgan fingerprint density at radius 2 is 1.81 bits per heavy atom. The Bertz CT molecular complexity index is 1170. The topological polar surface area (TPSA) is 38.8 Å². The zero-order chi connectivity index (χ0) is 22.7. The van der Waals surface area contributed by atoms with Crippen LogP contribution in [0.4, 0.5) is 10.1 Å². The van der Waals surface area contributed by atoms with E-state index in [0.29, 0.717) is 29.5 Å². The lowest BCUT2D eigenvalue weighted by Crippen LogP contribution is -2.30. The highest BCUT2D eigenvalue weighted by Crippen LogP contribution is 2.39. The number of hydrogen-bond donors (Lipinski definition) is 0. The van der Waals surface area contributed by atoms with E-state index in [1.165, 1.54) is 12.1 Å². The summed E-state index contributed by atoms with van der Waals surface area (Å²) >= 11 is 0. The van der Waals surface area contributed by atoms with Crippen LogP contribution in [0, 0.1) is 11.7 Å². The number of anilines is 1. The number of rotatable bonds is 7. The van der Waals surface area contributed by atoms with Crippen molar-refractivity contribution in [2.24, 2.45) is 5.92 Å². The van der Waals surface area contributed by atoms with Crippen LogP contribution in [0.25, 0.3) is 11.6 Å². The Morgan fingerprint density at radius 1 is 1.00 bits per heavy atom. The molecule has 0 fully saturated rings.